The Morgan fingerprint density at radius 1 is 1.35 bits per heavy atom. The van der Waals surface area contributed by atoms with E-state index >= 15 is 0 Å². The highest BCUT2D eigenvalue weighted by atomic mass is 35.5. The van der Waals surface area contributed by atoms with E-state index in [-0.39, 0.29) is 5.78 Å². The number of hydrogen-bond acceptors (Lipinski definition) is 3. The van der Waals surface area contributed by atoms with Crippen molar-refractivity contribution < 1.29 is 13.9 Å². The van der Waals surface area contributed by atoms with Gasteiger partial charge >= 0.3 is 0 Å². The predicted octanol–water partition coefficient (Wildman–Crippen LogP) is 4.56. The lowest BCUT2D eigenvalue weighted by molar-refractivity contribution is -0.125. The molecule has 2 rings (SSSR count). The molecule has 5 heteroatoms. The molecule has 0 saturated heterocycles. The molecule has 3 nitrogen and oxygen atoms in total. The molecule has 0 aliphatic heterocycles. The van der Waals surface area contributed by atoms with Crippen molar-refractivity contribution in [3.63, 3.8) is 0 Å². The molecule has 2 aromatic rings. The predicted molar refractivity (Wildman–Crippen MR) is 78.6 cm³/mol. The van der Waals surface area contributed by atoms with Crippen LogP contribution in [0.25, 0.3) is 0 Å². The van der Waals surface area contributed by atoms with Crippen molar-refractivity contribution in [3.8, 4) is 5.75 Å². The Balaban J connectivity index is 1.90. The van der Waals surface area contributed by atoms with Crippen LogP contribution in [0.15, 0.2) is 41.0 Å². The van der Waals surface area contributed by atoms with Crippen LogP contribution in [-0.4, -0.2) is 11.9 Å². The zero-order valence-electron chi connectivity index (χ0n) is 10.9. The number of hydrogen-bond donors (Lipinski definition) is 0. The van der Waals surface area contributed by atoms with Crippen LogP contribution in [-0.2, 0) is 11.2 Å². The van der Waals surface area contributed by atoms with Crippen LogP contribution < -0.4 is 4.74 Å². The van der Waals surface area contributed by atoms with Gasteiger partial charge in [0, 0.05) is 17.9 Å². The minimum Gasteiger partial charge on any atom is -0.481 e. The van der Waals surface area contributed by atoms with Crippen molar-refractivity contribution in [2.75, 3.05) is 0 Å². The van der Waals surface area contributed by atoms with Gasteiger partial charge in [-0.2, -0.15) is 0 Å². The fourth-order valence-corrected chi connectivity index (χ4v) is 2.18. The third-order valence-corrected chi connectivity index (χ3v) is 3.38. The van der Waals surface area contributed by atoms with E-state index in [2.05, 4.69) is 0 Å². The van der Waals surface area contributed by atoms with E-state index in [1.165, 1.54) is 0 Å². The second kappa shape index (κ2) is 6.82. The van der Waals surface area contributed by atoms with E-state index in [4.69, 9.17) is 32.4 Å². The van der Waals surface area contributed by atoms with Gasteiger partial charge < -0.3 is 9.15 Å². The summed E-state index contributed by atoms with van der Waals surface area (Å²) in [6.45, 7) is 1.70. The Morgan fingerprint density at radius 3 is 2.80 bits per heavy atom. The molecule has 0 amide bonds. The first kappa shape index (κ1) is 14.9. The molecule has 0 saturated carbocycles. The first-order chi connectivity index (χ1) is 9.56. The summed E-state index contributed by atoms with van der Waals surface area (Å²) < 4.78 is 10.7. The van der Waals surface area contributed by atoms with E-state index in [1.54, 1.807) is 37.5 Å². The quantitative estimate of drug-likeness (QED) is 0.785. The van der Waals surface area contributed by atoms with E-state index in [9.17, 15) is 4.79 Å². The number of furan rings is 1. The maximum absolute atomic E-state index is 12.0. The summed E-state index contributed by atoms with van der Waals surface area (Å²) in [5.41, 5.74) is 0. The number of halogens is 2. The summed E-state index contributed by atoms with van der Waals surface area (Å²) in [5, 5.41) is 0.919. The highest BCUT2D eigenvalue weighted by Gasteiger charge is 2.16. The molecule has 0 bridgehead atoms. The first-order valence-corrected chi connectivity index (χ1v) is 6.98. The molecule has 0 aliphatic rings. The van der Waals surface area contributed by atoms with Crippen LogP contribution >= 0.6 is 23.2 Å². The third-order valence-electron chi connectivity index (χ3n) is 2.85. The van der Waals surface area contributed by atoms with E-state index in [0.29, 0.717) is 28.6 Å². The van der Waals surface area contributed by atoms with Gasteiger partial charge in [-0.05, 0) is 37.3 Å². The lowest BCUT2D eigenvalue weighted by atomic mass is 10.1. The van der Waals surface area contributed by atoms with Crippen LogP contribution in [0.1, 0.15) is 19.1 Å². The van der Waals surface area contributed by atoms with Crippen LogP contribution in [0.3, 0.4) is 0 Å². The second-order valence-corrected chi connectivity index (χ2v) is 5.22. The molecule has 0 N–H and O–H groups in total. The lowest BCUT2D eigenvalue weighted by Gasteiger charge is -2.14. The molecule has 1 atom stereocenters. The molecular weight excluding hydrogens is 299 g/mol. The fraction of sp³-hybridized carbons (Fsp3) is 0.267. The molecular formula is C15H14Cl2O3. The van der Waals surface area contributed by atoms with Crippen LogP contribution in [0.5, 0.6) is 5.75 Å². The summed E-state index contributed by atoms with van der Waals surface area (Å²) in [6, 6.07) is 8.55. The standard InChI is InChI=1S/C15H14Cl2O3/c1-10(14(18)6-5-12-3-2-8-19-12)20-15-7-4-11(16)9-13(15)17/h2-4,7-10H,5-6H2,1H3. The molecule has 0 radical (unpaired) electrons. The van der Waals surface area contributed by atoms with Crippen molar-refractivity contribution in [1.82, 2.24) is 0 Å². The summed E-state index contributed by atoms with van der Waals surface area (Å²) in [6.07, 6.45) is 1.95. The van der Waals surface area contributed by atoms with E-state index in [0.717, 1.165) is 5.76 Å². The highest BCUT2D eigenvalue weighted by molar-refractivity contribution is 6.35. The Labute approximate surface area is 127 Å². The average molecular weight is 313 g/mol. The molecule has 20 heavy (non-hydrogen) atoms. The Kier molecular flexibility index (Phi) is 5.10. The molecule has 1 aromatic carbocycles. The Morgan fingerprint density at radius 2 is 2.15 bits per heavy atom. The number of rotatable bonds is 6. The van der Waals surface area contributed by atoms with Crippen molar-refractivity contribution >= 4 is 29.0 Å². The van der Waals surface area contributed by atoms with Gasteiger partial charge in [-0.1, -0.05) is 23.2 Å². The van der Waals surface area contributed by atoms with Gasteiger partial charge in [-0.25, -0.2) is 0 Å². The number of ether oxygens (including phenoxy) is 1. The van der Waals surface area contributed by atoms with Gasteiger partial charge in [0.1, 0.15) is 11.5 Å². The third kappa shape index (κ3) is 4.02. The van der Waals surface area contributed by atoms with Gasteiger partial charge in [0.15, 0.2) is 11.9 Å². The normalized spacial score (nSPS) is 12.2. The van der Waals surface area contributed by atoms with Gasteiger partial charge in [-0.3, -0.25) is 4.79 Å². The molecule has 106 valence electrons. The van der Waals surface area contributed by atoms with Crippen LogP contribution in [0.4, 0.5) is 0 Å². The average Bonchev–Trinajstić information content (AvgIpc) is 2.92. The topological polar surface area (TPSA) is 39.4 Å². The SMILES string of the molecule is CC(Oc1ccc(Cl)cc1Cl)C(=O)CCc1ccco1. The maximum Gasteiger partial charge on any atom is 0.173 e. The fourth-order valence-electron chi connectivity index (χ4n) is 1.73. The number of carbonyl (C=O) groups is 1. The number of benzene rings is 1. The summed E-state index contributed by atoms with van der Waals surface area (Å²) in [7, 11) is 0. The van der Waals surface area contributed by atoms with Crippen LogP contribution in [0, 0.1) is 0 Å². The summed E-state index contributed by atoms with van der Waals surface area (Å²) in [5.74, 6) is 1.23. The van der Waals surface area contributed by atoms with Crippen molar-refractivity contribution in [1.29, 1.82) is 0 Å². The van der Waals surface area contributed by atoms with Gasteiger partial charge in [0.05, 0.1) is 11.3 Å². The first-order valence-electron chi connectivity index (χ1n) is 6.23. The Hall–Kier alpha value is -1.45. The second-order valence-electron chi connectivity index (χ2n) is 4.38. The maximum atomic E-state index is 12.0. The lowest BCUT2D eigenvalue weighted by Crippen LogP contribution is -2.24. The van der Waals surface area contributed by atoms with E-state index in [1.807, 2.05) is 6.07 Å². The van der Waals surface area contributed by atoms with Crippen molar-refractivity contribution in [3.05, 3.63) is 52.4 Å². The largest absolute Gasteiger partial charge is 0.481 e. The minimum absolute atomic E-state index is 0.00702. The molecule has 0 fully saturated rings. The molecule has 1 heterocycles. The van der Waals surface area contributed by atoms with Crippen molar-refractivity contribution in [2.45, 2.75) is 25.9 Å². The van der Waals surface area contributed by atoms with Gasteiger partial charge in [-0.15, -0.1) is 0 Å². The van der Waals surface area contributed by atoms with Crippen molar-refractivity contribution in [2.24, 2.45) is 0 Å². The van der Waals surface area contributed by atoms with Crippen LogP contribution in [0.2, 0.25) is 10.0 Å². The summed E-state index contributed by atoms with van der Waals surface area (Å²) >= 11 is 11.8. The number of ketones is 1. The summed E-state index contributed by atoms with van der Waals surface area (Å²) in [4.78, 5) is 12.0. The number of Topliss-reactive ketones (excluding diaryl/α,β-unsaturated/α-hetero) is 1. The van der Waals surface area contributed by atoms with Gasteiger partial charge in [0.25, 0.3) is 0 Å². The van der Waals surface area contributed by atoms with Gasteiger partial charge in [0.2, 0.25) is 0 Å². The monoisotopic (exact) mass is 312 g/mol. The zero-order chi connectivity index (χ0) is 14.5. The molecule has 1 unspecified atom stereocenters. The Bertz CT molecular complexity index is 579. The zero-order valence-corrected chi connectivity index (χ0v) is 12.4. The molecule has 0 aliphatic carbocycles. The number of aryl methyl sites for hydroxylation is 1. The highest BCUT2D eigenvalue weighted by Crippen LogP contribution is 2.28. The van der Waals surface area contributed by atoms with E-state index < -0.39 is 6.10 Å². The number of carbonyl (C=O) groups excluding carboxylic acids is 1. The molecule has 0 spiro atoms. The minimum atomic E-state index is -0.566. The smallest absolute Gasteiger partial charge is 0.173 e. The molecule has 1 aromatic heterocycles.